The fraction of sp³-hybridized carbons (Fsp3) is 0.125. The van der Waals surface area contributed by atoms with Crippen molar-refractivity contribution < 1.29 is 4.79 Å². The first-order valence-corrected chi connectivity index (χ1v) is 4.30. The minimum absolute atomic E-state index is 0.0800. The van der Waals surface area contributed by atoms with E-state index in [9.17, 15) is 4.79 Å². The molecule has 1 amide bonds. The van der Waals surface area contributed by atoms with Crippen molar-refractivity contribution >= 4 is 28.5 Å². The molecule has 2 aromatic rings. The SMILES string of the molecule is NC(=O)Cn1ccc2ncnc(Cl)c21. The number of aromatic nitrogens is 3. The zero-order valence-electron chi connectivity index (χ0n) is 7.14. The van der Waals surface area contributed by atoms with Crippen molar-refractivity contribution in [1.82, 2.24) is 14.5 Å². The number of nitrogens with two attached hydrogens (primary N) is 1. The van der Waals surface area contributed by atoms with Gasteiger partial charge in [-0.3, -0.25) is 4.79 Å². The van der Waals surface area contributed by atoms with E-state index in [0.29, 0.717) is 16.2 Å². The quantitative estimate of drug-likeness (QED) is 0.737. The van der Waals surface area contributed by atoms with Crippen LogP contribution < -0.4 is 5.73 Å². The predicted octanol–water partition coefficient (Wildman–Crippen LogP) is 0.570. The molecule has 0 bridgehead atoms. The third kappa shape index (κ3) is 1.42. The molecule has 5 nitrogen and oxygen atoms in total. The Morgan fingerprint density at radius 2 is 2.36 bits per heavy atom. The van der Waals surface area contributed by atoms with Crippen molar-refractivity contribution in [2.75, 3.05) is 0 Å². The maximum atomic E-state index is 10.7. The number of hydrogen-bond donors (Lipinski definition) is 1. The molecule has 2 heterocycles. The summed E-state index contributed by atoms with van der Waals surface area (Å²) >= 11 is 5.86. The van der Waals surface area contributed by atoms with Crippen LogP contribution in [0.2, 0.25) is 5.15 Å². The number of nitrogens with zero attached hydrogens (tertiary/aromatic N) is 3. The highest BCUT2D eigenvalue weighted by molar-refractivity contribution is 6.33. The van der Waals surface area contributed by atoms with Crippen LogP contribution in [0.5, 0.6) is 0 Å². The Morgan fingerprint density at radius 1 is 1.57 bits per heavy atom. The van der Waals surface area contributed by atoms with E-state index in [1.165, 1.54) is 6.33 Å². The molecule has 0 saturated carbocycles. The highest BCUT2D eigenvalue weighted by atomic mass is 35.5. The summed E-state index contributed by atoms with van der Waals surface area (Å²) in [7, 11) is 0. The molecule has 0 saturated heterocycles. The summed E-state index contributed by atoms with van der Waals surface area (Å²) in [5, 5.41) is 0.321. The van der Waals surface area contributed by atoms with Gasteiger partial charge in [0.15, 0.2) is 5.15 Å². The summed E-state index contributed by atoms with van der Waals surface area (Å²) in [6, 6.07) is 1.76. The third-order valence-electron chi connectivity index (χ3n) is 1.83. The van der Waals surface area contributed by atoms with E-state index in [0.717, 1.165) is 0 Å². The van der Waals surface area contributed by atoms with E-state index in [4.69, 9.17) is 17.3 Å². The Balaban J connectivity index is 2.61. The van der Waals surface area contributed by atoms with Gasteiger partial charge in [-0.1, -0.05) is 11.6 Å². The molecule has 0 unspecified atom stereocenters. The Hall–Kier alpha value is -1.62. The Bertz CT molecular complexity index is 493. The van der Waals surface area contributed by atoms with Crippen molar-refractivity contribution in [3.8, 4) is 0 Å². The van der Waals surface area contributed by atoms with Crippen LogP contribution >= 0.6 is 11.6 Å². The Morgan fingerprint density at radius 3 is 3.07 bits per heavy atom. The molecule has 2 aromatic heterocycles. The van der Waals surface area contributed by atoms with E-state index < -0.39 is 5.91 Å². The molecule has 14 heavy (non-hydrogen) atoms. The fourth-order valence-electron chi connectivity index (χ4n) is 1.29. The van der Waals surface area contributed by atoms with E-state index >= 15 is 0 Å². The fourth-order valence-corrected chi connectivity index (χ4v) is 1.54. The smallest absolute Gasteiger partial charge is 0.237 e. The first-order chi connectivity index (χ1) is 6.68. The minimum atomic E-state index is -0.428. The normalized spacial score (nSPS) is 10.6. The van der Waals surface area contributed by atoms with Crippen LogP contribution in [0.15, 0.2) is 18.6 Å². The van der Waals surface area contributed by atoms with Gasteiger partial charge in [-0.15, -0.1) is 0 Å². The average molecular weight is 211 g/mol. The monoisotopic (exact) mass is 210 g/mol. The molecule has 0 spiro atoms. The van der Waals surface area contributed by atoms with Gasteiger partial charge in [0.2, 0.25) is 5.91 Å². The second-order valence-electron chi connectivity index (χ2n) is 2.81. The van der Waals surface area contributed by atoms with Crippen LogP contribution in [0.1, 0.15) is 0 Å². The van der Waals surface area contributed by atoms with E-state index in [2.05, 4.69) is 9.97 Å². The van der Waals surface area contributed by atoms with E-state index in [1.54, 1.807) is 16.8 Å². The number of rotatable bonds is 2. The summed E-state index contributed by atoms with van der Waals surface area (Å²) in [6.07, 6.45) is 3.08. The first kappa shape index (κ1) is 8.96. The molecule has 2 N–H and O–H groups in total. The van der Waals surface area contributed by atoms with Crippen LogP contribution in [0.25, 0.3) is 11.0 Å². The number of primary amides is 1. The van der Waals surface area contributed by atoms with E-state index in [-0.39, 0.29) is 6.54 Å². The number of carbonyl (C=O) groups is 1. The lowest BCUT2D eigenvalue weighted by Crippen LogP contribution is -2.18. The van der Waals surface area contributed by atoms with Gasteiger partial charge < -0.3 is 10.3 Å². The molecule has 0 radical (unpaired) electrons. The summed E-state index contributed by atoms with van der Waals surface area (Å²) in [5.74, 6) is -0.428. The van der Waals surface area contributed by atoms with Gasteiger partial charge in [-0.2, -0.15) is 0 Å². The number of halogens is 1. The molecule has 0 atom stereocenters. The van der Waals surface area contributed by atoms with E-state index in [1.807, 2.05) is 0 Å². The Labute approximate surface area is 84.5 Å². The third-order valence-corrected chi connectivity index (χ3v) is 2.11. The second-order valence-corrected chi connectivity index (χ2v) is 3.17. The molecule has 72 valence electrons. The van der Waals surface area contributed by atoms with Crippen molar-refractivity contribution in [1.29, 1.82) is 0 Å². The lowest BCUT2D eigenvalue weighted by atomic mass is 10.4. The van der Waals surface area contributed by atoms with Crippen molar-refractivity contribution in [2.24, 2.45) is 5.73 Å². The highest BCUT2D eigenvalue weighted by Gasteiger charge is 2.08. The van der Waals surface area contributed by atoms with Crippen molar-refractivity contribution in [2.45, 2.75) is 6.54 Å². The number of amides is 1. The first-order valence-electron chi connectivity index (χ1n) is 3.92. The second kappa shape index (κ2) is 3.26. The van der Waals surface area contributed by atoms with Gasteiger partial charge >= 0.3 is 0 Å². The standard InChI is InChI=1S/C8H7ClN4O/c9-8-7-5(11-4-12-8)1-2-13(7)3-6(10)14/h1-2,4H,3H2,(H2,10,14). The van der Waals surface area contributed by atoms with Crippen LogP contribution in [0.4, 0.5) is 0 Å². The van der Waals surface area contributed by atoms with Crippen molar-refractivity contribution in [3.05, 3.63) is 23.7 Å². The molecule has 0 aliphatic carbocycles. The largest absolute Gasteiger partial charge is 0.368 e. The van der Waals surface area contributed by atoms with Crippen LogP contribution in [0, 0.1) is 0 Å². The number of hydrogen-bond acceptors (Lipinski definition) is 3. The summed E-state index contributed by atoms with van der Waals surface area (Å²) in [6.45, 7) is 0.0800. The van der Waals surface area contributed by atoms with Crippen LogP contribution in [0.3, 0.4) is 0 Å². The zero-order valence-corrected chi connectivity index (χ0v) is 7.90. The number of fused-ring (bicyclic) bond motifs is 1. The topological polar surface area (TPSA) is 73.8 Å². The summed E-state index contributed by atoms with van der Waals surface area (Å²) in [4.78, 5) is 18.6. The zero-order chi connectivity index (χ0) is 10.1. The average Bonchev–Trinajstić information content (AvgIpc) is 2.49. The molecular weight excluding hydrogens is 204 g/mol. The minimum Gasteiger partial charge on any atom is -0.368 e. The molecular formula is C8H7ClN4O. The summed E-state index contributed by atoms with van der Waals surface area (Å²) < 4.78 is 1.62. The van der Waals surface area contributed by atoms with Crippen molar-refractivity contribution in [3.63, 3.8) is 0 Å². The van der Waals surface area contributed by atoms with Gasteiger partial charge in [-0.05, 0) is 6.07 Å². The Kier molecular flexibility index (Phi) is 2.09. The summed E-state index contributed by atoms with van der Waals surface area (Å²) in [5.41, 5.74) is 6.41. The molecule has 0 aromatic carbocycles. The molecule has 0 aliphatic rings. The maximum absolute atomic E-state index is 10.7. The number of carbonyl (C=O) groups excluding carboxylic acids is 1. The van der Waals surface area contributed by atoms with Gasteiger partial charge in [0.1, 0.15) is 18.4 Å². The van der Waals surface area contributed by atoms with Crippen LogP contribution in [-0.4, -0.2) is 20.4 Å². The lowest BCUT2D eigenvalue weighted by Gasteiger charge is -2.01. The van der Waals surface area contributed by atoms with Gasteiger partial charge in [0.05, 0.1) is 5.52 Å². The molecule has 6 heteroatoms. The van der Waals surface area contributed by atoms with Crippen LogP contribution in [-0.2, 0) is 11.3 Å². The van der Waals surface area contributed by atoms with Gasteiger partial charge in [0, 0.05) is 6.20 Å². The molecule has 0 fully saturated rings. The predicted molar refractivity (Wildman–Crippen MR) is 51.7 cm³/mol. The molecule has 0 aliphatic heterocycles. The molecule has 2 rings (SSSR count). The highest BCUT2D eigenvalue weighted by Crippen LogP contribution is 2.19. The van der Waals surface area contributed by atoms with Gasteiger partial charge in [-0.25, -0.2) is 9.97 Å². The van der Waals surface area contributed by atoms with Gasteiger partial charge in [0.25, 0.3) is 0 Å². The maximum Gasteiger partial charge on any atom is 0.237 e. The lowest BCUT2D eigenvalue weighted by molar-refractivity contribution is -0.118.